The molecule has 0 spiro atoms. The highest BCUT2D eigenvalue weighted by Gasteiger charge is 2.55. The van der Waals surface area contributed by atoms with Crippen molar-refractivity contribution in [2.24, 2.45) is 0 Å². The molecule has 0 aromatic heterocycles. The minimum Gasteiger partial charge on any atom is -0.440 e. The number of thiocarbonyl (C=S) groups is 3. The van der Waals surface area contributed by atoms with Crippen molar-refractivity contribution in [1.82, 2.24) is 0 Å². The van der Waals surface area contributed by atoms with Gasteiger partial charge in [0, 0.05) is 75.1 Å². The number of hydrogen-bond donors (Lipinski definition) is 2. The highest BCUT2D eigenvalue weighted by Crippen LogP contribution is 2.42. The zero-order valence-corrected chi connectivity index (χ0v) is 93.1. The molecule has 1 amide bonds. The van der Waals surface area contributed by atoms with E-state index in [1.807, 2.05) is 199 Å². The van der Waals surface area contributed by atoms with E-state index in [0.29, 0.717) is 33.1 Å². The lowest BCUT2D eigenvalue weighted by Crippen LogP contribution is -2.41. The van der Waals surface area contributed by atoms with E-state index in [2.05, 4.69) is 179 Å². The number of nitro benzene ring substituents is 2. The number of thioether (sulfide) groups is 7. The van der Waals surface area contributed by atoms with E-state index in [1.54, 1.807) is 83.8 Å². The van der Waals surface area contributed by atoms with Crippen LogP contribution in [0.1, 0.15) is 155 Å². The first-order chi connectivity index (χ1) is 69.2. The summed E-state index contributed by atoms with van der Waals surface area (Å²) in [7, 11) is -1.33. The van der Waals surface area contributed by atoms with Crippen LogP contribution >= 0.6 is 119 Å². The third-order valence-electron chi connectivity index (χ3n) is 24.9. The highest BCUT2D eigenvalue weighted by atomic mass is 32.2. The van der Waals surface area contributed by atoms with E-state index in [4.69, 9.17) is 88.1 Å². The van der Waals surface area contributed by atoms with Crippen LogP contribution in [0.4, 0.5) is 37.1 Å². The summed E-state index contributed by atoms with van der Waals surface area (Å²) in [4.78, 5) is 56.7. The second-order valence-electron chi connectivity index (χ2n) is 38.1. The number of aryl methyl sites for hydroxylation is 2. The molecule has 16 rings (SSSR count). The largest absolute Gasteiger partial charge is 0.494 e. The number of benzene rings is 12. The Labute approximate surface area is 905 Å². The maximum atomic E-state index is 11.9. The van der Waals surface area contributed by atoms with Crippen LogP contribution in [-0.4, -0.2) is 111 Å². The molecule has 36 heteroatoms. The molecule has 22 nitrogen and oxygen atoms in total. The summed E-state index contributed by atoms with van der Waals surface area (Å²) in [6.07, 6.45) is 0. The maximum absolute atomic E-state index is 11.9. The lowest BCUT2D eigenvalue weighted by molar-refractivity contribution is -0.385. The van der Waals surface area contributed by atoms with E-state index < -0.39 is 15.1 Å². The predicted octanol–water partition coefficient (Wildman–Crippen LogP) is 27.6. The van der Waals surface area contributed by atoms with E-state index in [-0.39, 0.29) is 95.2 Å². The number of nitrogens with one attached hydrogen (secondary N) is 2. The average molecular weight is 2150 g/mol. The van der Waals surface area contributed by atoms with Crippen molar-refractivity contribution in [2.75, 3.05) is 10.6 Å². The number of nitro groups is 2. The van der Waals surface area contributed by atoms with Crippen molar-refractivity contribution in [3.63, 3.8) is 0 Å². The third-order valence-corrected chi connectivity index (χ3v) is 32.4. The molecule has 0 aliphatic carbocycles. The monoisotopic (exact) mass is 2150 g/mol. The second kappa shape index (κ2) is 54.0. The first kappa shape index (κ1) is 116. The lowest BCUT2D eigenvalue weighted by Gasteiger charge is -2.32. The molecule has 0 unspecified atom stereocenters. The summed E-state index contributed by atoms with van der Waals surface area (Å²) in [5, 5.41) is 26.2. The first-order valence-corrected chi connectivity index (χ1v) is 55.0. The second-order valence-corrected chi connectivity index (χ2v) is 47.4. The Morgan fingerprint density at radius 1 is 0.301 bits per heavy atom. The van der Waals surface area contributed by atoms with Crippen LogP contribution in [0.25, 0.3) is 0 Å². The number of non-ortho nitro benzene ring substituents is 2. The van der Waals surface area contributed by atoms with Crippen LogP contribution < -0.4 is 46.7 Å². The minimum absolute atomic E-state index is 0.0333. The van der Waals surface area contributed by atoms with Gasteiger partial charge in [-0.25, -0.2) is 9.59 Å². The van der Waals surface area contributed by atoms with Crippen molar-refractivity contribution in [1.29, 1.82) is 0 Å². The number of amides is 1. The van der Waals surface area contributed by atoms with Gasteiger partial charge in [0.2, 0.25) is 4.38 Å². The molecule has 760 valence electrons. The molecule has 4 heterocycles. The molecule has 4 aliphatic rings. The van der Waals surface area contributed by atoms with E-state index in [1.165, 1.54) is 57.6 Å². The van der Waals surface area contributed by atoms with Gasteiger partial charge in [-0.15, -0.1) is 11.8 Å². The number of para-hydroxylation sites is 3. The molecule has 0 saturated carbocycles. The molecule has 0 bridgehead atoms. The zero-order valence-electron chi connectivity index (χ0n) is 84.9. The molecule has 146 heavy (non-hydrogen) atoms. The van der Waals surface area contributed by atoms with Gasteiger partial charge in [-0.1, -0.05) is 301 Å². The Hall–Kier alpha value is -9.89. The van der Waals surface area contributed by atoms with Gasteiger partial charge in [0.1, 0.15) is 25.1 Å². The molecule has 12 aromatic carbocycles. The van der Waals surface area contributed by atoms with E-state index >= 15 is 0 Å². The van der Waals surface area contributed by atoms with Crippen molar-refractivity contribution in [3.8, 4) is 17.2 Å². The van der Waals surface area contributed by atoms with Gasteiger partial charge in [0.15, 0.2) is 0 Å². The number of ether oxygens (including phenoxy) is 3. The van der Waals surface area contributed by atoms with E-state index in [9.17, 15) is 34.6 Å². The van der Waals surface area contributed by atoms with Gasteiger partial charge in [-0.3, -0.25) is 25.0 Å². The van der Waals surface area contributed by atoms with Gasteiger partial charge in [0.25, 0.3) is 16.6 Å². The van der Waals surface area contributed by atoms with Gasteiger partial charge < -0.3 is 62.1 Å². The lowest BCUT2D eigenvalue weighted by atomic mass is 9.79. The Kier molecular flexibility index (Phi) is 43.1. The molecule has 0 radical (unpaired) electrons. The Balaban J connectivity index is 0.000000167. The fraction of sp³-hybridized carbons (Fsp3) is 0.291. The van der Waals surface area contributed by atoms with Crippen LogP contribution in [0.3, 0.4) is 0 Å². The maximum Gasteiger partial charge on any atom is 0.494 e. The Morgan fingerprint density at radius 3 is 0.890 bits per heavy atom. The zero-order chi connectivity index (χ0) is 106. The molecule has 4 fully saturated rings. The molecular formula is C110H120B4N4O18S10. The fourth-order valence-corrected chi connectivity index (χ4v) is 19.3. The van der Waals surface area contributed by atoms with Crippen molar-refractivity contribution >= 4 is 220 Å². The average Bonchev–Trinajstić information content (AvgIpc) is 1.64. The number of anilines is 2. The summed E-state index contributed by atoms with van der Waals surface area (Å²) in [5.74, 6) is 5.69. The molecule has 12 aromatic rings. The van der Waals surface area contributed by atoms with Gasteiger partial charge in [-0.2, -0.15) is 0 Å². The predicted molar refractivity (Wildman–Crippen MR) is 620 cm³/mol. The van der Waals surface area contributed by atoms with Crippen LogP contribution in [-0.2, 0) is 71.8 Å². The summed E-state index contributed by atoms with van der Waals surface area (Å²) < 4.78 is 67.0. The summed E-state index contributed by atoms with van der Waals surface area (Å²) >= 11 is 25.9. The van der Waals surface area contributed by atoms with Crippen molar-refractivity contribution < 1.29 is 75.7 Å². The first-order valence-electron chi connectivity index (χ1n) is 47.0. The van der Waals surface area contributed by atoms with Gasteiger partial charge in [0.05, 0.1) is 54.7 Å². The molecule has 4 aliphatic heterocycles. The molecular weight excluding hydrogens is 2030 g/mol. The fourth-order valence-electron chi connectivity index (χ4n) is 13.3. The number of nitrogens with zero attached hydrogens (tertiary/aromatic N) is 2. The number of carbonyl (C=O) groups excluding carboxylic acids is 3. The van der Waals surface area contributed by atoms with Crippen LogP contribution in [0.2, 0.25) is 0 Å². The molecule has 2 N–H and O–H groups in total. The third kappa shape index (κ3) is 36.2. The molecule has 0 atom stereocenters. The highest BCUT2D eigenvalue weighted by molar-refractivity contribution is 8.47. The normalized spacial score (nSPS) is 15.7. The molecule has 4 saturated heterocycles. The van der Waals surface area contributed by atoms with E-state index in [0.717, 1.165) is 127 Å². The smallest absolute Gasteiger partial charge is 0.440 e. The van der Waals surface area contributed by atoms with Crippen LogP contribution in [0.5, 0.6) is 17.2 Å². The Morgan fingerprint density at radius 2 is 0.562 bits per heavy atom. The number of carbonyl (C=O) groups is 3. The topological polar surface area (TPSA) is 263 Å². The standard InChI is InChI=1S/C20H24BNO2S2.C20H23BO4S.C20H23BO3S2.C20H23BO2S3.C15H14N2O3S.C15H13NO4S/c1-19(2)20(3,4)24-21(23-19)16-12-10-15(11-13-16)14-26-18(25)22-17-8-6-5-7-9-17;1-19(2)20(3,4)25-21(24-19)16-12-10-15(11-13-16)14-26-18(22)23-17-8-6-5-7-9-17;1-19(2)20(3,4)24-21(23-19)16-12-10-15(11-13-16)14-26-18(25)22-17-8-6-5-7-9-17;1-19(2)20(3,4)23-21(22-19)16-12-10-15(11-13-16)14-25-18(24)26-17-8-6-5-7-9-17;1-11-2-6-13(7-3-11)16-15(18)21-10-12-4-8-14(9-5-12)17(19)20;1-11-2-8-14(9-3-11)20-15(17)21-10-12-4-6-13(7-5-12)16(18)19/h5-13H,14H2,1-4H3,(H,22,25);3*5-13H,14H2,1-4H3;2-9H,10H2,1H3,(H,16,18);2-9H,10H2,1H3. The van der Waals surface area contributed by atoms with Crippen molar-refractivity contribution in [3.05, 3.63) is 380 Å². The summed E-state index contributed by atoms with van der Waals surface area (Å²) in [6.45, 7) is 36.9. The van der Waals surface area contributed by atoms with Gasteiger partial charge >= 0.3 is 39.1 Å². The van der Waals surface area contributed by atoms with Crippen molar-refractivity contribution in [2.45, 2.75) is 209 Å². The minimum atomic E-state index is -0.456. The number of rotatable bonds is 24. The van der Waals surface area contributed by atoms with Crippen LogP contribution in [0.15, 0.2) is 320 Å². The summed E-state index contributed by atoms with van der Waals surface area (Å²) in [5.41, 5.74) is 11.9. The number of hydrogen-bond acceptors (Lipinski definition) is 28. The SMILES string of the molecule is CC1(C)OB(c2ccc(CSC(=O)Oc3ccccc3)cc2)OC1(C)C.CC1(C)OB(c2ccc(CSC(=S)Nc3ccccc3)cc2)OC1(C)C.CC1(C)OB(c2ccc(CSC(=S)Oc3ccccc3)cc2)OC1(C)C.CC1(C)OB(c2ccc(CSC(=S)Sc3ccccc3)cc2)OC1(C)C.Cc1ccc(NC(=O)SCc2ccc([N+](=O)[O-])cc2)cc1.Cc1ccc(OC(=O)SCc2ccc([N+](=O)[O-])cc2)cc1. The quantitative estimate of drug-likeness (QED) is 0.0142. The van der Waals surface area contributed by atoms with Crippen LogP contribution in [0, 0.1) is 34.1 Å². The summed E-state index contributed by atoms with van der Waals surface area (Å²) in [6, 6.07) is 99.0. The Bertz CT molecular complexity index is 5590. The van der Waals surface area contributed by atoms with Gasteiger partial charge in [-0.05, 0) is 288 Å².